The Balaban J connectivity index is 2.45. The van der Waals surface area contributed by atoms with Gasteiger partial charge >= 0.3 is 5.97 Å². The zero-order valence-corrected chi connectivity index (χ0v) is 11.4. The van der Waals surface area contributed by atoms with E-state index in [0.29, 0.717) is 11.4 Å². The van der Waals surface area contributed by atoms with Crippen LogP contribution in [0.1, 0.15) is 16.1 Å². The van der Waals surface area contributed by atoms with E-state index in [9.17, 15) is 4.79 Å². The molecule has 1 N–H and O–H groups in total. The van der Waals surface area contributed by atoms with Gasteiger partial charge in [0.2, 0.25) is 0 Å². The number of carboxylic acid groups (broad SMARTS) is 1. The predicted octanol–water partition coefficient (Wildman–Crippen LogP) is 3.11. The summed E-state index contributed by atoms with van der Waals surface area (Å²) in [6, 6.07) is 6.95. The number of carbonyl (C=O) groups is 1. The van der Waals surface area contributed by atoms with Gasteiger partial charge in [0.1, 0.15) is 16.1 Å². The highest BCUT2D eigenvalue weighted by Crippen LogP contribution is 2.25. The van der Waals surface area contributed by atoms with Crippen LogP contribution in [0.5, 0.6) is 0 Å². The van der Waals surface area contributed by atoms with Crippen molar-refractivity contribution in [3.8, 4) is 11.1 Å². The molecule has 0 aliphatic carbocycles. The number of benzene rings is 1. The fourth-order valence-corrected chi connectivity index (χ4v) is 2.35. The minimum absolute atomic E-state index is 0.00265. The third kappa shape index (κ3) is 2.57. The molecular weight excluding hydrogens is 286 g/mol. The number of aromatic nitrogens is 2. The van der Waals surface area contributed by atoms with E-state index in [0.717, 1.165) is 16.7 Å². The van der Waals surface area contributed by atoms with Gasteiger partial charge in [-0.15, -0.1) is 0 Å². The molecule has 0 aliphatic rings. The molecule has 0 fully saturated rings. The van der Waals surface area contributed by atoms with Crippen molar-refractivity contribution in [1.29, 1.82) is 5.26 Å². The fourth-order valence-electron chi connectivity index (χ4n) is 1.62. The summed E-state index contributed by atoms with van der Waals surface area (Å²) in [7, 11) is 0. The monoisotopic (exact) mass is 293 g/mol. The molecule has 1 aromatic heterocycles. The first-order valence-electron chi connectivity index (χ1n) is 5.19. The number of rotatable bonds is 3. The lowest BCUT2D eigenvalue weighted by molar-refractivity contribution is 0.0696. The highest BCUT2D eigenvalue weighted by Gasteiger charge is 2.20. The van der Waals surface area contributed by atoms with E-state index < -0.39 is 5.97 Å². The molecule has 0 bridgehead atoms. The van der Waals surface area contributed by atoms with Crippen LogP contribution >= 0.6 is 23.4 Å². The molecular formula is C12H8ClN3O2S. The lowest BCUT2D eigenvalue weighted by Gasteiger charge is -2.03. The molecule has 0 aliphatic heterocycles. The van der Waals surface area contributed by atoms with Crippen LogP contribution < -0.4 is 0 Å². The third-order valence-corrected chi connectivity index (χ3v) is 3.41. The Morgan fingerprint density at radius 3 is 2.58 bits per heavy atom. The van der Waals surface area contributed by atoms with Crippen molar-refractivity contribution in [2.45, 2.75) is 11.8 Å². The van der Waals surface area contributed by atoms with Gasteiger partial charge in [0.15, 0.2) is 0 Å². The maximum atomic E-state index is 11.0. The van der Waals surface area contributed by atoms with Gasteiger partial charge in [0.05, 0.1) is 11.4 Å². The Kier molecular flexibility index (Phi) is 3.79. The summed E-state index contributed by atoms with van der Waals surface area (Å²) in [4.78, 5) is 11.8. The second kappa shape index (κ2) is 5.34. The van der Waals surface area contributed by atoms with E-state index in [4.69, 9.17) is 22.0 Å². The van der Waals surface area contributed by atoms with E-state index in [1.165, 1.54) is 4.68 Å². The number of aromatic carboxylic acids is 1. The summed E-state index contributed by atoms with van der Waals surface area (Å²) in [5, 5.41) is 23.7. The van der Waals surface area contributed by atoms with Crippen molar-refractivity contribution in [3.05, 3.63) is 40.7 Å². The number of hydrogen-bond acceptors (Lipinski definition) is 4. The first-order valence-corrected chi connectivity index (χ1v) is 6.39. The quantitative estimate of drug-likeness (QED) is 0.695. The number of nitriles is 1. The summed E-state index contributed by atoms with van der Waals surface area (Å²) in [5.74, 6) is -1.11. The second-order valence-electron chi connectivity index (χ2n) is 3.66. The van der Waals surface area contributed by atoms with E-state index in [1.807, 2.05) is 5.40 Å². The Morgan fingerprint density at radius 2 is 2.11 bits per heavy atom. The van der Waals surface area contributed by atoms with Crippen molar-refractivity contribution in [2.24, 2.45) is 0 Å². The maximum Gasteiger partial charge on any atom is 0.340 e. The molecule has 7 heteroatoms. The van der Waals surface area contributed by atoms with Crippen LogP contribution in [0.25, 0.3) is 5.69 Å². The van der Waals surface area contributed by atoms with Gasteiger partial charge in [0.25, 0.3) is 0 Å². The molecule has 0 saturated carbocycles. The number of halogens is 1. The predicted molar refractivity (Wildman–Crippen MR) is 71.7 cm³/mol. The molecule has 5 nitrogen and oxygen atoms in total. The van der Waals surface area contributed by atoms with Crippen molar-refractivity contribution in [2.75, 3.05) is 0 Å². The summed E-state index contributed by atoms with van der Waals surface area (Å²) in [6.07, 6.45) is 0. The Hall–Kier alpha value is -1.97. The third-order valence-electron chi connectivity index (χ3n) is 2.46. The Morgan fingerprint density at radius 1 is 1.47 bits per heavy atom. The van der Waals surface area contributed by atoms with E-state index in [-0.39, 0.29) is 10.7 Å². The van der Waals surface area contributed by atoms with E-state index in [2.05, 4.69) is 5.10 Å². The van der Waals surface area contributed by atoms with Gasteiger partial charge < -0.3 is 5.11 Å². The molecule has 96 valence electrons. The summed E-state index contributed by atoms with van der Waals surface area (Å²) >= 11 is 7.07. The first-order chi connectivity index (χ1) is 9.04. The Labute approximate surface area is 118 Å². The molecule has 1 heterocycles. The molecule has 2 rings (SSSR count). The van der Waals surface area contributed by atoms with Crippen LogP contribution in [-0.4, -0.2) is 20.9 Å². The van der Waals surface area contributed by atoms with Crippen LogP contribution in [0.2, 0.25) is 5.15 Å². The van der Waals surface area contributed by atoms with Gasteiger partial charge in [-0.3, -0.25) is 0 Å². The van der Waals surface area contributed by atoms with Crippen molar-refractivity contribution >= 4 is 29.3 Å². The van der Waals surface area contributed by atoms with Crippen molar-refractivity contribution < 1.29 is 9.90 Å². The molecule has 0 unspecified atom stereocenters. The summed E-state index contributed by atoms with van der Waals surface area (Å²) in [5.41, 5.74) is 0.994. The van der Waals surface area contributed by atoms with Crippen LogP contribution in [0.15, 0.2) is 29.2 Å². The highest BCUT2D eigenvalue weighted by atomic mass is 35.5. The average molecular weight is 294 g/mol. The summed E-state index contributed by atoms with van der Waals surface area (Å²) < 4.78 is 1.36. The Bertz CT molecular complexity index is 674. The molecule has 0 amide bonds. The number of nitrogens with zero attached hydrogens (tertiary/aromatic N) is 3. The summed E-state index contributed by atoms with van der Waals surface area (Å²) in [6.45, 7) is 1.59. The largest absolute Gasteiger partial charge is 0.478 e. The van der Waals surface area contributed by atoms with Gasteiger partial charge in [-0.1, -0.05) is 11.6 Å². The molecule has 19 heavy (non-hydrogen) atoms. The normalized spacial score (nSPS) is 10.2. The molecule has 0 spiro atoms. The topological polar surface area (TPSA) is 78.9 Å². The highest BCUT2D eigenvalue weighted by molar-refractivity contribution is 8.03. The molecule has 0 atom stereocenters. The van der Waals surface area contributed by atoms with Crippen LogP contribution in [0.4, 0.5) is 0 Å². The zero-order valence-electron chi connectivity index (χ0n) is 9.79. The number of hydrogen-bond donors (Lipinski definition) is 1. The van der Waals surface area contributed by atoms with Crippen molar-refractivity contribution in [3.63, 3.8) is 0 Å². The molecule has 2 aromatic rings. The SMILES string of the molecule is Cc1nn(-c2ccc(SC#N)cc2)c(Cl)c1C(=O)O. The molecule has 0 saturated heterocycles. The number of carboxylic acids is 1. The van der Waals surface area contributed by atoms with E-state index >= 15 is 0 Å². The van der Waals surface area contributed by atoms with Gasteiger partial charge in [-0.25, -0.2) is 9.48 Å². The lowest BCUT2D eigenvalue weighted by atomic mass is 10.3. The lowest BCUT2D eigenvalue weighted by Crippen LogP contribution is -1.99. The van der Waals surface area contributed by atoms with Crippen LogP contribution in [-0.2, 0) is 0 Å². The number of thiocyanates is 1. The minimum Gasteiger partial charge on any atom is -0.478 e. The molecule has 0 radical (unpaired) electrons. The van der Waals surface area contributed by atoms with Crippen LogP contribution in [0.3, 0.4) is 0 Å². The smallest absolute Gasteiger partial charge is 0.340 e. The average Bonchev–Trinajstić information content (AvgIpc) is 2.66. The van der Waals surface area contributed by atoms with Crippen molar-refractivity contribution in [1.82, 2.24) is 9.78 Å². The minimum atomic E-state index is -1.11. The van der Waals surface area contributed by atoms with Gasteiger partial charge in [0, 0.05) is 4.90 Å². The molecule has 1 aromatic carbocycles. The first kappa shape index (κ1) is 13.5. The number of thioether (sulfide) groups is 1. The fraction of sp³-hybridized carbons (Fsp3) is 0.0833. The van der Waals surface area contributed by atoms with Gasteiger partial charge in [-0.05, 0) is 43.0 Å². The van der Waals surface area contributed by atoms with Crippen LogP contribution in [0, 0.1) is 17.6 Å². The number of aryl methyl sites for hydroxylation is 1. The second-order valence-corrected chi connectivity index (χ2v) is 4.87. The standard InChI is InChI=1S/C12H8ClN3O2S/c1-7-10(12(17)18)11(13)16(15-7)8-2-4-9(5-3-8)19-6-14/h2-5H,1H3,(H,17,18). The zero-order chi connectivity index (χ0) is 14.0. The maximum absolute atomic E-state index is 11.0. The van der Waals surface area contributed by atoms with Gasteiger partial charge in [-0.2, -0.15) is 10.4 Å². The van der Waals surface area contributed by atoms with E-state index in [1.54, 1.807) is 31.2 Å².